The van der Waals surface area contributed by atoms with Crippen LogP contribution in [0, 0.1) is 0 Å². The van der Waals surface area contributed by atoms with Crippen LogP contribution in [0.1, 0.15) is 0 Å². The second-order valence-corrected chi connectivity index (χ2v) is 11.0. The van der Waals surface area contributed by atoms with Gasteiger partial charge in [0.15, 0.2) is 0 Å². The van der Waals surface area contributed by atoms with E-state index in [2.05, 4.69) is 144 Å². The van der Waals surface area contributed by atoms with Crippen molar-refractivity contribution in [3.8, 4) is 28.2 Å². The summed E-state index contributed by atoms with van der Waals surface area (Å²) >= 11 is 0. The van der Waals surface area contributed by atoms with Gasteiger partial charge in [0.25, 0.3) is 0 Å². The lowest BCUT2D eigenvalue weighted by atomic mass is 9.92. The Morgan fingerprint density at radius 1 is 0.395 bits per heavy atom. The molecule has 0 N–H and O–H groups in total. The van der Waals surface area contributed by atoms with Crippen molar-refractivity contribution in [1.82, 2.24) is 14.5 Å². The van der Waals surface area contributed by atoms with Crippen LogP contribution in [-0.2, 0) is 0 Å². The maximum Gasteiger partial charge on any atom is 0.0986 e. The van der Waals surface area contributed by atoms with Crippen molar-refractivity contribution in [2.24, 2.45) is 0 Å². The third-order valence-electron chi connectivity index (χ3n) is 8.68. The Labute approximate surface area is 248 Å². The fourth-order valence-electron chi connectivity index (χ4n) is 6.86. The van der Waals surface area contributed by atoms with E-state index < -0.39 is 0 Å². The summed E-state index contributed by atoms with van der Waals surface area (Å²) in [4.78, 5) is 9.96. The Hall–Kier alpha value is -5.80. The van der Waals surface area contributed by atoms with E-state index in [0.29, 0.717) is 0 Å². The molecule has 0 aliphatic carbocycles. The second kappa shape index (κ2) is 9.37. The third-order valence-corrected chi connectivity index (χ3v) is 8.68. The summed E-state index contributed by atoms with van der Waals surface area (Å²) in [5.41, 5.74) is 7.28. The second-order valence-electron chi connectivity index (χ2n) is 11.0. The molecular weight excluding hydrogens is 522 g/mol. The van der Waals surface area contributed by atoms with Crippen molar-refractivity contribution in [1.29, 1.82) is 0 Å². The van der Waals surface area contributed by atoms with Gasteiger partial charge >= 0.3 is 0 Å². The average Bonchev–Trinajstić information content (AvgIpc) is 3.43. The molecule has 9 rings (SSSR count). The zero-order chi connectivity index (χ0) is 28.3. The van der Waals surface area contributed by atoms with Crippen LogP contribution in [0.4, 0.5) is 0 Å². The highest BCUT2D eigenvalue weighted by Gasteiger charge is 2.20. The first-order chi connectivity index (χ1) is 21.4. The lowest BCUT2D eigenvalue weighted by Crippen LogP contribution is -1.98. The Morgan fingerprint density at radius 2 is 0.953 bits per heavy atom. The number of hydrogen-bond acceptors (Lipinski definition) is 2. The number of fused-ring (bicyclic) bond motifs is 9. The highest BCUT2D eigenvalue weighted by atomic mass is 15.0. The monoisotopic (exact) mass is 547 g/mol. The molecule has 0 spiro atoms. The van der Waals surface area contributed by atoms with Crippen molar-refractivity contribution >= 4 is 54.1 Å². The van der Waals surface area contributed by atoms with Crippen molar-refractivity contribution in [3.05, 3.63) is 152 Å². The molecule has 43 heavy (non-hydrogen) atoms. The average molecular weight is 548 g/mol. The maximum absolute atomic E-state index is 5.00. The van der Waals surface area contributed by atoms with Crippen LogP contribution in [0.15, 0.2) is 152 Å². The van der Waals surface area contributed by atoms with E-state index in [4.69, 9.17) is 9.97 Å². The smallest absolute Gasteiger partial charge is 0.0986 e. The Bertz CT molecular complexity index is 2470. The minimum atomic E-state index is 0.873. The molecule has 2 heterocycles. The van der Waals surface area contributed by atoms with Crippen molar-refractivity contribution in [2.75, 3.05) is 0 Å². The van der Waals surface area contributed by atoms with Gasteiger partial charge in [-0.05, 0) is 56.6 Å². The van der Waals surface area contributed by atoms with Gasteiger partial charge in [0.2, 0.25) is 0 Å². The van der Waals surface area contributed by atoms with Crippen LogP contribution in [0.25, 0.3) is 82.3 Å². The molecule has 0 unspecified atom stereocenters. The number of hydrogen-bond donors (Lipinski definition) is 0. The first kappa shape index (κ1) is 23.9. The topological polar surface area (TPSA) is 30.7 Å². The standard InChI is InChI=1S/C40H25N3/c1-2-11-27(12-3-1)43-37-20-9-8-17-33(37)34-18-10-19-35(40(34)43)39-38(41-23-24-42-39)26-21-22-32-30-15-5-4-13-28(30)29-14-6-7-16-31(29)36(32)25-26/h1-25H. The molecule has 200 valence electrons. The quantitative estimate of drug-likeness (QED) is 0.206. The highest BCUT2D eigenvalue weighted by molar-refractivity contribution is 6.26. The number of aromatic nitrogens is 3. The van der Waals surface area contributed by atoms with Crippen molar-refractivity contribution in [3.63, 3.8) is 0 Å². The van der Waals surface area contributed by atoms with Crippen molar-refractivity contribution < 1.29 is 0 Å². The largest absolute Gasteiger partial charge is 0.309 e. The predicted molar refractivity (Wildman–Crippen MR) is 180 cm³/mol. The molecule has 7 aromatic carbocycles. The molecule has 0 radical (unpaired) electrons. The maximum atomic E-state index is 5.00. The number of para-hydroxylation sites is 3. The molecule has 9 aromatic rings. The molecule has 0 saturated carbocycles. The zero-order valence-corrected chi connectivity index (χ0v) is 23.3. The molecule has 0 aliphatic heterocycles. The molecule has 0 atom stereocenters. The lowest BCUT2D eigenvalue weighted by Gasteiger charge is -2.15. The summed E-state index contributed by atoms with van der Waals surface area (Å²) in [6.07, 6.45) is 3.60. The van der Waals surface area contributed by atoms with E-state index in [9.17, 15) is 0 Å². The summed E-state index contributed by atoms with van der Waals surface area (Å²) in [5, 5.41) is 9.93. The Balaban J connectivity index is 1.35. The van der Waals surface area contributed by atoms with Crippen LogP contribution in [0.3, 0.4) is 0 Å². The first-order valence-electron chi connectivity index (χ1n) is 14.6. The summed E-state index contributed by atoms with van der Waals surface area (Å²) in [5.74, 6) is 0. The number of rotatable bonds is 3. The normalized spacial score (nSPS) is 11.7. The van der Waals surface area contributed by atoms with Crippen LogP contribution < -0.4 is 0 Å². The molecule has 0 bridgehead atoms. The molecule has 0 saturated heterocycles. The summed E-state index contributed by atoms with van der Waals surface area (Å²) in [6.45, 7) is 0. The molecule has 0 amide bonds. The fraction of sp³-hybridized carbons (Fsp3) is 0. The van der Waals surface area contributed by atoms with E-state index in [1.807, 2.05) is 0 Å². The van der Waals surface area contributed by atoms with E-state index in [1.165, 1.54) is 48.6 Å². The van der Waals surface area contributed by atoms with Gasteiger partial charge in [-0.1, -0.05) is 115 Å². The summed E-state index contributed by atoms with van der Waals surface area (Å²) < 4.78 is 2.36. The van der Waals surface area contributed by atoms with E-state index in [1.54, 1.807) is 12.4 Å². The van der Waals surface area contributed by atoms with E-state index in [0.717, 1.165) is 33.7 Å². The van der Waals surface area contributed by atoms with Gasteiger partial charge in [-0.2, -0.15) is 0 Å². The van der Waals surface area contributed by atoms with Crippen LogP contribution in [0.2, 0.25) is 0 Å². The zero-order valence-electron chi connectivity index (χ0n) is 23.3. The molecule has 3 heteroatoms. The van der Waals surface area contributed by atoms with Crippen molar-refractivity contribution in [2.45, 2.75) is 0 Å². The van der Waals surface area contributed by atoms with Crippen LogP contribution in [0.5, 0.6) is 0 Å². The molecule has 0 fully saturated rings. The molecule has 0 aliphatic rings. The van der Waals surface area contributed by atoms with Gasteiger partial charge in [0.05, 0.1) is 22.4 Å². The number of benzene rings is 7. The minimum Gasteiger partial charge on any atom is -0.309 e. The first-order valence-corrected chi connectivity index (χ1v) is 14.6. The van der Waals surface area contributed by atoms with Gasteiger partial charge in [-0.15, -0.1) is 0 Å². The number of nitrogens with zero attached hydrogens (tertiary/aromatic N) is 3. The fourth-order valence-corrected chi connectivity index (χ4v) is 6.86. The minimum absolute atomic E-state index is 0.873. The highest BCUT2D eigenvalue weighted by Crippen LogP contribution is 2.41. The molecule has 3 nitrogen and oxygen atoms in total. The predicted octanol–water partition coefficient (Wildman–Crippen LogP) is 10.4. The van der Waals surface area contributed by atoms with Gasteiger partial charge < -0.3 is 4.57 Å². The summed E-state index contributed by atoms with van der Waals surface area (Å²) in [6, 6.07) is 49.9. The van der Waals surface area contributed by atoms with Gasteiger partial charge in [0.1, 0.15) is 0 Å². The Morgan fingerprint density at radius 3 is 1.67 bits per heavy atom. The van der Waals surface area contributed by atoms with Gasteiger partial charge in [-0.25, -0.2) is 0 Å². The van der Waals surface area contributed by atoms with Gasteiger partial charge in [0, 0.05) is 40.0 Å². The van der Waals surface area contributed by atoms with Crippen LogP contribution in [-0.4, -0.2) is 14.5 Å². The Kier molecular flexibility index (Phi) is 5.20. The lowest BCUT2D eigenvalue weighted by molar-refractivity contribution is 1.17. The van der Waals surface area contributed by atoms with E-state index in [-0.39, 0.29) is 0 Å². The molecule has 2 aromatic heterocycles. The molecular formula is C40H25N3. The SMILES string of the molecule is c1ccc(-n2c3ccccc3c3cccc(-c4nccnc4-c4ccc5c6ccccc6c6ccccc6c5c4)c32)cc1. The third kappa shape index (κ3) is 3.55. The summed E-state index contributed by atoms with van der Waals surface area (Å²) in [7, 11) is 0. The van der Waals surface area contributed by atoms with Gasteiger partial charge in [-0.3, -0.25) is 9.97 Å². The van der Waals surface area contributed by atoms with E-state index >= 15 is 0 Å². The van der Waals surface area contributed by atoms with Crippen LogP contribution >= 0.6 is 0 Å².